The lowest BCUT2D eigenvalue weighted by atomic mass is 9.87. The number of rotatable bonds is 8. The summed E-state index contributed by atoms with van der Waals surface area (Å²) >= 11 is 0. The first-order valence-electron chi connectivity index (χ1n) is 9.70. The van der Waals surface area contributed by atoms with Gasteiger partial charge in [0.1, 0.15) is 12.4 Å². The van der Waals surface area contributed by atoms with Crippen molar-refractivity contribution in [2.24, 2.45) is 0 Å². The van der Waals surface area contributed by atoms with Gasteiger partial charge in [0.15, 0.2) is 6.61 Å². The van der Waals surface area contributed by atoms with Crippen LogP contribution in [0.4, 0.5) is 4.39 Å². The Morgan fingerprint density at radius 3 is 2.17 bits per heavy atom. The zero-order chi connectivity index (χ0) is 22.1. The zero-order valence-electron chi connectivity index (χ0n) is 17.5. The Morgan fingerprint density at radius 1 is 0.933 bits per heavy atom. The van der Waals surface area contributed by atoms with Gasteiger partial charge in [-0.2, -0.15) is 0 Å². The fraction of sp³-hybridized carbons (Fsp3) is 0.348. The monoisotopic (exact) mass is 414 g/mol. The summed E-state index contributed by atoms with van der Waals surface area (Å²) in [6.45, 7) is 5.82. The molecule has 0 atom stereocenters. The number of benzene rings is 2. The normalized spacial score (nSPS) is 10.9. The summed E-state index contributed by atoms with van der Waals surface area (Å²) in [5, 5.41) is 5.09. The first-order chi connectivity index (χ1) is 14.1. The van der Waals surface area contributed by atoms with Gasteiger partial charge in [-0.1, -0.05) is 45.0 Å². The Bertz CT molecular complexity index is 872. The number of halogens is 1. The summed E-state index contributed by atoms with van der Waals surface area (Å²) in [6.07, 6.45) is 0.532. The molecule has 6 nitrogen and oxygen atoms in total. The fourth-order valence-corrected chi connectivity index (χ4v) is 2.62. The first kappa shape index (κ1) is 23.1. The van der Waals surface area contributed by atoms with Crippen molar-refractivity contribution < 1.29 is 23.5 Å². The fourth-order valence-electron chi connectivity index (χ4n) is 2.62. The highest BCUT2D eigenvalue weighted by Gasteiger charge is 2.15. The van der Waals surface area contributed by atoms with Crippen molar-refractivity contribution in [2.75, 3.05) is 19.7 Å². The van der Waals surface area contributed by atoms with Crippen LogP contribution < -0.4 is 10.6 Å². The van der Waals surface area contributed by atoms with Crippen molar-refractivity contribution in [1.82, 2.24) is 10.6 Å². The minimum Gasteiger partial charge on any atom is -0.454 e. The van der Waals surface area contributed by atoms with Crippen molar-refractivity contribution in [3.05, 3.63) is 71.0 Å². The summed E-state index contributed by atoms with van der Waals surface area (Å²) in [5.74, 6) is -1.86. The van der Waals surface area contributed by atoms with E-state index in [-0.39, 0.29) is 17.8 Å². The maximum atomic E-state index is 12.8. The molecule has 2 N–H and O–H groups in total. The van der Waals surface area contributed by atoms with E-state index in [0.29, 0.717) is 18.5 Å². The lowest BCUT2D eigenvalue weighted by Crippen LogP contribution is -2.34. The third-order valence-electron chi connectivity index (χ3n) is 4.42. The number of hydrogen-bond donors (Lipinski definition) is 2. The van der Waals surface area contributed by atoms with Gasteiger partial charge < -0.3 is 15.4 Å². The number of nitrogens with one attached hydrogen (secondary N) is 2. The van der Waals surface area contributed by atoms with Gasteiger partial charge in [0.25, 0.3) is 11.8 Å². The largest absolute Gasteiger partial charge is 0.454 e. The molecule has 0 bridgehead atoms. The van der Waals surface area contributed by atoms with Crippen LogP contribution in [0.3, 0.4) is 0 Å². The van der Waals surface area contributed by atoms with Gasteiger partial charge in [-0.25, -0.2) is 4.39 Å². The minimum atomic E-state index is -0.705. The Hall–Kier alpha value is -3.22. The van der Waals surface area contributed by atoms with Gasteiger partial charge in [-0.05, 0) is 47.2 Å². The smallest absolute Gasteiger partial charge is 0.325 e. The maximum absolute atomic E-state index is 12.8. The molecule has 0 radical (unpaired) electrons. The van der Waals surface area contributed by atoms with E-state index in [9.17, 15) is 18.8 Å². The average Bonchev–Trinajstić information content (AvgIpc) is 2.71. The molecule has 0 heterocycles. The molecule has 0 saturated heterocycles. The third-order valence-corrected chi connectivity index (χ3v) is 4.42. The predicted molar refractivity (Wildman–Crippen MR) is 112 cm³/mol. The molecule has 0 aromatic heterocycles. The van der Waals surface area contributed by atoms with Gasteiger partial charge in [0, 0.05) is 12.1 Å². The number of carbonyl (C=O) groups is 3. The van der Waals surface area contributed by atoms with Crippen LogP contribution in [0.25, 0.3) is 0 Å². The van der Waals surface area contributed by atoms with Gasteiger partial charge in [0.2, 0.25) is 0 Å². The Labute approximate surface area is 175 Å². The second-order valence-corrected chi connectivity index (χ2v) is 7.90. The SMILES string of the molecule is CC(C)(C)c1ccc(C(=O)NCC(=O)OCC(=O)NCCc2ccc(F)cc2)cc1. The zero-order valence-corrected chi connectivity index (χ0v) is 17.5. The Balaban J connectivity index is 1.65. The standard InChI is InChI=1S/C23H27FN2O4/c1-23(2,3)18-8-6-17(7-9-18)22(29)26-14-21(28)30-15-20(27)25-13-12-16-4-10-19(24)11-5-16/h4-11H,12-15H2,1-3H3,(H,25,27)(H,26,29). The van der Waals surface area contributed by atoms with Crippen molar-refractivity contribution in [3.8, 4) is 0 Å². The lowest BCUT2D eigenvalue weighted by Gasteiger charge is -2.19. The van der Waals surface area contributed by atoms with E-state index in [2.05, 4.69) is 31.4 Å². The number of ether oxygens (including phenoxy) is 1. The Morgan fingerprint density at radius 2 is 1.57 bits per heavy atom. The topological polar surface area (TPSA) is 84.5 Å². The van der Waals surface area contributed by atoms with Crippen molar-refractivity contribution >= 4 is 17.8 Å². The highest BCUT2D eigenvalue weighted by atomic mass is 19.1. The van der Waals surface area contributed by atoms with E-state index in [1.807, 2.05) is 12.1 Å². The molecule has 2 aromatic rings. The molecule has 0 spiro atoms. The van der Waals surface area contributed by atoms with Crippen molar-refractivity contribution in [2.45, 2.75) is 32.6 Å². The summed E-state index contributed by atoms with van der Waals surface area (Å²) in [5.41, 5.74) is 2.41. The molecule has 0 aliphatic heterocycles. The Kier molecular flexibility index (Phi) is 8.09. The van der Waals surface area contributed by atoms with Crippen molar-refractivity contribution in [3.63, 3.8) is 0 Å². The summed E-state index contributed by atoms with van der Waals surface area (Å²) in [4.78, 5) is 35.6. The van der Waals surface area contributed by atoms with E-state index in [4.69, 9.17) is 4.74 Å². The van der Waals surface area contributed by atoms with Crippen LogP contribution in [0.1, 0.15) is 42.3 Å². The lowest BCUT2D eigenvalue weighted by molar-refractivity contribution is -0.147. The predicted octanol–water partition coefficient (Wildman–Crippen LogP) is 2.76. The molecule has 2 aromatic carbocycles. The molecule has 7 heteroatoms. The number of esters is 1. The van der Waals surface area contributed by atoms with Crippen LogP contribution >= 0.6 is 0 Å². The molecule has 30 heavy (non-hydrogen) atoms. The van der Waals surface area contributed by atoms with Crippen molar-refractivity contribution in [1.29, 1.82) is 0 Å². The summed E-state index contributed by atoms with van der Waals surface area (Å²) < 4.78 is 17.7. The summed E-state index contributed by atoms with van der Waals surface area (Å²) in [6, 6.07) is 13.2. The molecule has 0 unspecified atom stereocenters. The first-order valence-corrected chi connectivity index (χ1v) is 9.70. The molecule has 0 aliphatic carbocycles. The molecule has 2 rings (SSSR count). The molecular weight excluding hydrogens is 387 g/mol. The van der Waals surface area contributed by atoms with E-state index < -0.39 is 24.4 Å². The molecule has 160 valence electrons. The molecular formula is C23H27FN2O4. The van der Waals surface area contributed by atoms with Crippen LogP contribution in [0, 0.1) is 5.82 Å². The number of carbonyl (C=O) groups excluding carboxylic acids is 3. The minimum absolute atomic E-state index is 0.0155. The number of hydrogen-bond acceptors (Lipinski definition) is 4. The van der Waals surface area contributed by atoms with Crippen LogP contribution in [-0.4, -0.2) is 37.5 Å². The van der Waals surface area contributed by atoms with E-state index in [1.165, 1.54) is 12.1 Å². The third kappa shape index (κ3) is 7.66. The van der Waals surface area contributed by atoms with Crippen LogP contribution in [-0.2, 0) is 26.2 Å². The van der Waals surface area contributed by atoms with E-state index in [0.717, 1.165) is 11.1 Å². The highest BCUT2D eigenvalue weighted by molar-refractivity contribution is 5.96. The van der Waals surface area contributed by atoms with Gasteiger partial charge in [-0.15, -0.1) is 0 Å². The average molecular weight is 414 g/mol. The van der Waals surface area contributed by atoms with E-state index in [1.54, 1.807) is 24.3 Å². The van der Waals surface area contributed by atoms with E-state index >= 15 is 0 Å². The molecule has 0 fully saturated rings. The van der Waals surface area contributed by atoms with Gasteiger partial charge >= 0.3 is 5.97 Å². The molecule has 2 amide bonds. The van der Waals surface area contributed by atoms with Crippen LogP contribution in [0.2, 0.25) is 0 Å². The number of amides is 2. The highest BCUT2D eigenvalue weighted by Crippen LogP contribution is 2.22. The van der Waals surface area contributed by atoms with Gasteiger partial charge in [0.05, 0.1) is 0 Å². The quantitative estimate of drug-likeness (QED) is 0.651. The second kappa shape index (κ2) is 10.5. The second-order valence-electron chi connectivity index (χ2n) is 7.90. The molecule has 0 aliphatic rings. The molecule has 0 saturated carbocycles. The van der Waals surface area contributed by atoms with Gasteiger partial charge in [-0.3, -0.25) is 14.4 Å². The van der Waals surface area contributed by atoms with Crippen LogP contribution in [0.5, 0.6) is 0 Å². The summed E-state index contributed by atoms with van der Waals surface area (Å²) in [7, 11) is 0. The maximum Gasteiger partial charge on any atom is 0.325 e. The van der Waals surface area contributed by atoms with Crippen LogP contribution in [0.15, 0.2) is 48.5 Å².